The molecule has 138 valence electrons. The van der Waals surface area contributed by atoms with Crippen LogP contribution in [0.3, 0.4) is 0 Å². The summed E-state index contributed by atoms with van der Waals surface area (Å²) < 4.78 is 26.6. The number of nitrogens with one attached hydrogen (secondary N) is 2. The van der Waals surface area contributed by atoms with Gasteiger partial charge in [-0.1, -0.05) is 12.1 Å². The summed E-state index contributed by atoms with van der Waals surface area (Å²) in [4.78, 5) is 25.0. The van der Waals surface area contributed by atoms with Gasteiger partial charge in [-0.2, -0.15) is 4.31 Å². The molecule has 0 radical (unpaired) electrons. The third-order valence-electron chi connectivity index (χ3n) is 4.03. The van der Waals surface area contributed by atoms with Crippen LogP contribution in [0.25, 0.3) is 0 Å². The number of sulfonamides is 1. The zero-order valence-corrected chi connectivity index (χ0v) is 15.6. The smallest absolute Gasteiger partial charge is 0.269 e. The SMILES string of the molecule is O=C(Cc1cccs1)NNC(=O)c1cccc(S(=O)(=O)N2CCCC2)c1. The van der Waals surface area contributed by atoms with E-state index in [0.29, 0.717) is 13.1 Å². The fourth-order valence-electron chi connectivity index (χ4n) is 2.69. The molecule has 1 aromatic carbocycles. The minimum absolute atomic E-state index is 0.0805. The highest BCUT2D eigenvalue weighted by Crippen LogP contribution is 2.21. The van der Waals surface area contributed by atoms with E-state index in [2.05, 4.69) is 10.9 Å². The highest BCUT2D eigenvalue weighted by atomic mass is 32.2. The Kier molecular flexibility index (Phi) is 5.70. The molecule has 1 saturated heterocycles. The molecule has 1 aliphatic heterocycles. The maximum absolute atomic E-state index is 12.6. The Labute approximate surface area is 156 Å². The number of thiophene rings is 1. The molecule has 3 rings (SSSR count). The first kappa shape index (κ1) is 18.6. The summed E-state index contributed by atoms with van der Waals surface area (Å²) in [6, 6.07) is 9.50. The van der Waals surface area contributed by atoms with Gasteiger partial charge in [-0.05, 0) is 42.5 Å². The summed E-state index contributed by atoms with van der Waals surface area (Å²) in [5.74, 6) is -0.912. The van der Waals surface area contributed by atoms with Crippen LogP contribution in [0.5, 0.6) is 0 Å². The van der Waals surface area contributed by atoms with Crippen molar-refractivity contribution in [2.45, 2.75) is 24.2 Å². The van der Waals surface area contributed by atoms with Gasteiger partial charge in [0.15, 0.2) is 0 Å². The number of benzene rings is 1. The standard InChI is InChI=1S/C17H19N3O4S2/c21-16(12-14-6-4-10-25-14)18-19-17(22)13-5-3-7-15(11-13)26(23,24)20-8-1-2-9-20/h3-7,10-11H,1-2,8-9,12H2,(H,18,21)(H,19,22). The van der Waals surface area contributed by atoms with Crippen LogP contribution in [-0.2, 0) is 21.2 Å². The van der Waals surface area contributed by atoms with Gasteiger partial charge in [-0.25, -0.2) is 8.42 Å². The van der Waals surface area contributed by atoms with Crippen LogP contribution in [0.15, 0.2) is 46.7 Å². The monoisotopic (exact) mass is 393 g/mol. The summed E-state index contributed by atoms with van der Waals surface area (Å²) in [6.45, 7) is 0.995. The third-order valence-corrected chi connectivity index (χ3v) is 6.80. The first-order valence-corrected chi connectivity index (χ1v) is 10.5. The van der Waals surface area contributed by atoms with E-state index in [4.69, 9.17) is 0 Å². The molecule has 1 aliphatic rings. The molecule has 0 saturated carbocycles. The minimum Gasteiger partial charge on any atom is -0.273 e. The summed E-state index contributed by atoms with van der Waals surface area (Å²) in [7, 11) is -3.59. The van der Waals surface area contributed by atoms with Crippen molar-refractivity contribution < 1.29 is 18.0 Å². The Balaban J connectivity index is 1.63. The lowest BCUT2D eigenvalue weighted by Gasteiger charge is -2.16. The number of nitrogens with zero attached hydrogens (tertiary/aromatic N) is 1. The largest absolute Gasteiger partial charge is 0.273 e. The first-order chi connectivity index (χ1) is 12.5. The van der Waals surface area contributed by atoms with Crippen LogP contribution in [0.1, 0.15) is 28.1 Å². The first-order valence-electron chi connectivity index (χ1n) is 8.18. The van der Waals surface area contributed by atoms with E-state index < -0.39 is 15.9 Å². The fourth-order valence-corrected chi connectivity index (χ4v) is 4.96. The van der Waals surface area contributed by atoms with E-state index in [1.54, 1.807) is 0 Å². The predicted octanol–water partition coefficient (Wildman–Crippen LogP) is 1.54. The molecule has 0 unspecified atom stereocenters. The zero-order chi connectivity index (χ0) is 18.6. The average molecular weight is 393 g/mol. The normalized spacial score (nSPS) is 14.9. The van der Waals surface area contributed by atoms with Gasteiger partial charge in [0.1, 0.15) is 0 Å². The Morgan fingerprint density at radius 2 is 1.85 bits per heavy atom. The van der Waals surface area contributed by atoms with Crippen LogP contribution in [0, 0.1) is 0 Å². The van der Waals surface area contributed by atoms with Crippen LogP contribution < -0.4 is 10.9 Å². The van der Waals surface area contributed by atoms with Crippen molar-refractivity contribution in [3.05, 3.63) is 52.2 Å². The lowest BCUT2D eigenvalue weighted by Crippen LogP contribution is -2.42. The van der Waals surface area contributed by atoms with Gasteiger partial charge in [0.05, 0.1) is 11.3 Å². The fraction of sp³-hybridized carbons (Fsp3) is 0.294. The Hall–Kier alpha value is -2.23. The average Bonchev–Trinajstić information content (AvgIpc) is 3.34. The molecule has 1 aromatic heterocycles. The molecule has 0 aliphatic carbocycles. The summed E-state index contributed by atoms with van der Waals surface area (Å²) >= 11 is 1.45. The van der Waals surface area contributed by atoms with Crippen molar-refractivity contribution in [1.82, 2.24) is 15.2 Å². The quantitative estimate of drug-likeness (QED) is 0.753. The van der Waals surface area contributed by atoms with Crippen LogP contribution in [0.2, 0.25) is 0 Å². The second-order valence-corrected chi connectivity index (χ2v) is 8.87. The molecule has 7 nitrogen and oxygen atoms in total. The molecule has 2 N–H and O–H groups in total. The topological polar surface area (TPSA) is 95.6 Å². The number of carbonyl (C=O) groups is 2. The van der Waals surface area contributed by atoms with Gasteiger partial charge in [0.25, 0.3) is 5.91 Å². The lowest BCUT2D eigenvalue weighted by atomic mass is 10.2. The van der Waals surface area contributed by atoms with Crippen molar-refractivity contribution in [1.29, 1.82) is 0 Å². The van der Waals surface area contributed by atoms with E-state index >= 15 is 0 Å². The summed E-state index contributed by atoms with van der Waals surface area (Å²) in [5, 5.41) is 1.87. The molecular weight excluding hydrogens is 374 g/mol. The number of hydrogen-bond donors (Lipinski definition) is 2. The Morgan fingerprint density at radius 1 is 1.08 bits per heavy atom. The molecule has 26 heavy (non-hydrogen) atoms. The number of hydrazine groups is 1. The van der Waals surface area contributed by atoms with Gasteiger partial charge >= 0.3 is 0 Å². The van der Waals surface area contributed by atoms with Crippen molar-refractivity contribution in [2.24, 2.45) is 0 Å². The van der Waals surface area contributed by atoms with Crippen molar-refractivity contribution in [2.75, 3.05) is 13.1 Å². The van der Waals surface area contributed by atoms with Crippen molar-refractivity contribution >= 4 is 33.2 Å². The number of carbonyl (C=O) groups excluding carboxylic acids is 2. The maximum atomic E-state index is 12.6. The second kappa shape index (κ2) is 7.98. The lowest BCUT2D eigenvalue weighted by molar-refractivity contribution is -0.121. The van der Waals surface area contributed by atoms with Gasteiger partial charge in [0.2, 0.25) is 15.9 Å². The maximum Gasteiger partial charge on any atom is 0.269 e. The Morgan fingerprint density at radius 3 is 2.54 bits per heavy atom. The van der Waals surface area contributed by atoms with Crippen molar-refractivity contribution in [3.8, 4) is 0 Å². The van der Waals surface area contributed by atoms with E-state index in [1.807, 2.05) is 17.5 Å². The molecule has 9 heteroatoms. The molecular formula is C17H19N3O4S2. The molecule has 2 aromatic rings. The zero-order valence-electron chi connectivity index (χ0n) is 14.0. The molecule has 0 bridgehead atoms. The second-order valence-electron chi connectivity index (χ2n) is 5.90. The highest BCUT2D eigenvalue weighted by Gasteiger charge is 2.27. The third kappa shape index (κ3) is 4.29. The molecule has 0 spiro atoms. The molecule has 1 fully saturated rings. The van der Waals surface area contributed by atoms with Gasteiger partial charge in [-0.3, -0.25) is 20.4 Å². The van der Waals surface area contributed by atoms with Crippen molar-refractivity contribution in [3.63, 3.8) is 0 Å². The van der Waals surface area contributed by atoms with Crippen LogP contribution >= 0.6 is 11.3 Å². The van der Waals surface area contributed by atoms with E-state index in [-0.39, 0.29) is 22.8 Å². The summed E-state index contributed by atoms with van der Waals surface area (Å²) in [5.41, 5.74) is 4.83. The van der Waals surface area contributed by atoms with Gasteiger partial charge in [-0.15, -0.1) is 11.3 Å². The van der Waals surface area contributed by atoms with E-state index in [0.717, 1.165) is 17.7 Å². The molecule has 2 heterocycles. The van der Waals surface area contributed by atoms with Crippen LogP contribution in [0.4, 0.5) is 0 Å². The summed E-state index contributed by atoms with van der Waals surface area (Å²) in [6.07, 6.45) is 1.85. The van der Waals surface area contributed by atoms with Crippen LogP contribution in [-0.4, -0.2) is 37.6 Å². The number of hydrogen-bond acceptors (Lipinski definition) is 5. The Bertz CT molecular complexity index is 888. The van der Waals surface area contributed by atoms with Gasteiger partial charge < -0.3 is 0 Å². The minimum atomic E-state index is -3.59. The van der Waals surface area contributed by atoms with E-state index in [1.165, 1.54) is 39.9 Å². The molecule has 0 atom stereocenters. The highest BCUT2D eigenvalue weighted by molar-refractivity contribution is 7.89. The molecule has 2 amide bonds. The number of rotatable bonds is 5. The predicted molar refractivity (Wildman–Crippen MR) is 98.1 cm³/mol. The van der Waals surface area contributed by atoms with E-state index in [9.17, 15) is 18.0 Å². The van der Waals surface area contributed by atoms with Gasteiger partial charge in [0, 0.05) is 23.5 Å². The number of amides is 2.